The number of carbonyl (C=O) groups excluding carboxylic acids is 1. The summed E-state index contributed by atoms with van der Waals surface area (Å²) in [6, 6.07) is 13.9. The van der Waals surface area contributed by atoms with Gasteiger partial charge in [0.05, 0.1) is 5.02 Å². The van der Waals surface area contributed by atoms with Gasteiger partial charge in [0.15, 0.2) is 0 Å². The molecule has 2 aromatic carbocycles. The van der Waals surface area contributed by atoms with Gasteiger partial charge in [-0.25, -0.2) is 8.42 Å². The minimum absolute atomic E-state index is 0.0438. The summed E-state index contributed by atoms with van der Waals surface area (Å²) in [5.41, 5.74) is 1.38. The highest BCUT2D eigenvalue weighted by molar-refractivity contribution is 7.92. The first-order valence-corrected chi connectivity index (χ1v) is 10.3. The number of benzene rings is 2. The molecule has 0 spiro atoms. The van der Waals surface area contributed by atoms with Crippen LogP contribution in [0.4, 0.5) is 5.69 Å². The number of hydrogen-bond acceptors (Lipinski definition) is 4. The number of nitrogens with zero attached hydrogens (tertiary/aromatic N) is 1. The van der Waals surface area contributed by atoms with Crippen molar-refractivity contribution in [2.75, 3.05) is 4.72 Å². The lowest BCUT2D eigenvalue weighted by Gasteiger charge is -2.11. The van der Waals surface area contributed by atoms with Gasteiger partial charge in [-0.15, -0.1) is 0 Å². The van der Waals surface area contributed by atoms with Gasteiger partial charge in [0.2, 0.25) is 0 Å². The molecule has 1 heterocycles. The molecule has 0 aliphatic carbocycles. The van der Waals surface area contributed by atoms with Crippen molar-refractivity contribution in [2.24, 2.45) is 0 Å². The van der Waals surface area contributed by atoms with Gasteiger partial charge in [-0.1, -0.05) is 35.3 Å². The number of aromatic nitrogens is 1. The zero-order valence-electron chi connectivity index (χ0n) is 14.4. The molecule has 0 atom stereocenters. The van der Waals surface area contributed by atoms with Crippen molar-refractivity contribution in [3.63, 3.8) is 0 Å². The van der Waals surface area contributed by atoms with E-state index in [-0.39, 0.29) is 26.5 Å². The second-order valence-corrected chi connectivity index (χ2v) is 8.30. The van der Waals surface area contributed by atoms with E-state index in [1.165, 1.54) is 30.3 Å². The van der Waals surface area contributed by atoms with E-state index in [0.717, 1.165) is 5.56 Å². The van der Waals surface area contributed by atoms with Crippen LogP contribution in [0.5, 0.6) is 0 Å². The largest absolute Gasteiger partial charge is 0.348 e. The van der Waals surface area contributed by atoms with E-state index in [1.54, 1.807) is 30.6 Å². The fraction of sp³-hybridized carbons (Fsp3) is 0.0526. The van der Waals surface area contributed by atoms with E-state index in [1.807, 2.05) is 6.07 Å². The van der Waals surface area contributed by atoms with Gasteiger partial charge in [0.1, 0.15) is 4.90 Å². The molecule has 1 aromatic heterocycles. The van der Waals surface area contributed by atoms with Gasteiger partial charge in [0, 0.05) is 35.2 Å². The number of amides is 1. The Kier molecular flexibility index (Phi) is 6.18. The Hall–Kier alpha value is -2.61. The Bertz CT molecular complexity index is 1110. The summed E-state index contributed by atoms with van der Waals surface area (Å²) < 4.78 is 27.6. The molecule has 0 aliphatic rings. The molecular formula is C19H15Cl2N3O3S. The number of nitrogens with one attached hydrogen (secondary N) is 2. The normalized spacial score (nSPS) is 11.1. The summed E-state index contributed by atoms with van der Waals surface area (Å²) in [7, 11) is -3.97. The third kappa shape index (κ3) is 5.01. The van der Waals surface area contributed by atoms with Crippen LogP contribution in [0.15, 0.2) is 71.9 Å². The molecule has 6 nitrogen and oxygen atoms in total. The zero-order chi connectivity index (χ0) is 20.1. The standard InChI is InChI=1S/C19H15Cl2N3O3S/c20-15-6-7-17(21)18(10-15)28(26,27)24-16-5-1-4-14(9-16)19(25)23-12-13-3-2-8-22-11-13/h1-11,24H,12H2,(H,23,25). The number of sulfonamides is 1. The van der Waals surface area contributed by atoms with Crippen LogP contribution in [-0.2, 0) is 16.6 Å². The van der Waals surface area contributed by atoms with Crippen molar-refractivity contribution in [1.29, 1.82) is 0 Å². The maximum Gasteiger partial charge on any atom is 0.263 e. The van der Waals surface area contributed by atoms with Gasteiger partial charge in [-0.2, -0.15) is 0 Å². The topological polar surface area (TPSA) is 88.2 Å². The third-order valence-corrected chi connectivity index (χ3v) is 5.83. The molecule has 0 saturated heterocycles. The first-order valence-electron chi connectivity index (χ1n) is 8.10. The molecule has 2 N–H and O–H groups in total. The van der Waals surface area contributed by atoms with Crippen molar-refractivity contribution in [1.82, 2.24) is 10.3 Å². The summed E-state index contributed by atoms with van der Waals surface area (Å²) in [5.74, 6) is -0.342. The molecule has 0 unspecified atom stereocenters. The average molecular weight is 436 g/mol. The number of rotatable bonds is 6. The summed E-state index contributed by atoms with van der Waals surface area (Å²) in [6.07, 6.45) is 3.30. The van der Waals surface area contributed by atoms with Crippen molar-refractivity contribution >= 4 is 44.8 Å². The molecule has 0 radical (unpaired) electrons. The van der Waals surface area contributed by atoms with Crippen LogP contribution >= 0.6 is 23.2 Å². The van der Waals surface area contributed by atoms with Crippen molar-refractivity contribution < 1.29 is 13.2 Å². The van der Waals surface area contributed by atoms with Crippen molar-refractivity contribution in [3.05, 3.63) is 88.2 Å². The van der Waals surface area contributed by atoms with E-state index in [2.05, 4.69) is 15.0 Å². The van der Waals surface area contributed by atoms with Gasteiger partial charge in [0.25, 0.3) is 15.9 Å². The van der Waals surface area contributed by atoms with E-state index >= 15 is 0 Å². The maximum absolute atomic E-state index is 12.6. The number of carbonyl (C=O) groups is 1. The van der Waals surface area contributed by atoms with Crippen LogP contribution in [0.1, 0.15) is 15.9 Å². The molecule has 28 heavy (non-hydrogen) atoms. The van der Waals surface area contributed by atoms with Gasteiger partial charge >= 0.3 is 0 Å². The highest BCUT2D eigenvalue weighted by Gasteiger charge is 2.19. The van der Waals surface area contributed by atoms with Gasteiger partial charge < -0.3 is 5.32 Å². The minimum Gasteiger partial charge on any atom is -0.348 e. The van der Waals surface area contributed by atoms with Crippen LogP contribution in [-0.4, -0.2) is 19.3 Å². The van der Waals surface area contributed by atoms with E-state index < -0.39 is 10.0 Å². The molecule has 0 aliphatic heterocycles. The predicted molar refractivity (Wildman–Crippen MR) is 109 cm³/mol. The molecule has 9 heteroatoms. The Morgan fingerprint density at radius 2 is 1.86 bits per heavy atom. The lowest BCUT2D eigenvalue weighted by molar-refractivity contribution is 0.0951. The Labute approximate surface area is 172 Å². The minimum atomic E-state index is -3.97. The SMILES string of the molecule is O=C(NCc1cccnc1)c1cccc(NS(=O)(=O)c2cc(Cl)ccc2Cl)c1. The highest BCUT2D eigenvalue weighted by Crippen LogP contribution is 2.27. The molecular weight excluding hydrogens is 421 g/mol. The fourth-order valence-electron chi connectivity index (χ4n) is 2.40. The van der Waals surface area contributed by atoms with Gasteiger partial charge in [-0.05, 0) is 48.0 Å². The Morgan fingerprint density at radius 3 is 2.61 bits per heavy atom. The number of halogens is 2. The average Bonchev–Trinajstić information content (AvgIpc) is 2.68. The van der Waals surface area contributed by atoms with Gasteiger partial charge in [-0.3, -0.25) is 14.5 Å². The smallest absolute Gasteiger partial charge is 0.263 e. The van der Waals surface area contributed by atoms with Crippen LogP contribution in [0.25, 0.3) is 0 Å². The first-order chi connectivity index (χ1) is 13.3. The van der Waals surface area contributed by atoms with Crippen LogP contribution in [0.3, 0.4) is 0 Å². The van der Waals surface area contributed by atoms with Crippen LogP contribution < -0.4 is 10.0 Å². The van der Waals surface area contributed by atoms with E-state index in [9.17, 15) is 13.2 Å². The predicted octanol–water partition coefficient (Wildman–Crippen LogP) is 4.12. The van der Waals surface area contributed by atoms with E-state index in [4.69, 9.17) is 23.2 Å². The van der Waals surface area contributed by atoms with E-state index in [0.29, 0.717) is 12.1 Å². The number of anilines is 1. The quantitative estimate of drug-likeness (QED) is 0.609. The molecule has 0 bridgehead atoms. The molecule has 3 rings (SSSR count). The zero-order valence-corrected chi connectivity index (χ0v) is 16.7. The van der Waals surface area contributed by atoms with Crippen molar-refractivity contribution in [2.45, 2.75) is 11.4 Å². The van der Waals surface area contributed by atoms with Crippen LogP contribution in [0.2, 0.25) is 10.0 Å². The lowest BCUT2D eigenvalue weighted by atomic mass is 10.2. The molecule has 144 valence electrons. The summed E-state index contributed by atoms with van der Waals surface area (Å²) in [6.45, 7) is 0.306. The maximum atomic E-state index is 12.6. The number of pyridine rings is 1. The summed E-state index contributed by atoms with van der Waals surface area (Å²) in [4.78, 5) is 16.2. The summed E-state index contributed by atoms with van der Waals surface area (Å²) in [5, 5.41) is 3.05. The molecule has 1 amide bonds. The lowest BCUT2D eigenvalue weighted by Crippen LogP contribution is -2.23. The molecule has 3 aromatic rings. The summed E-state index contributed by atoms with van der Waals surface area (Å²) >= 11 is 11.9. The Morgan fingerprint density at radius 1 is 1.04 bits per heavy atom. The third-order valence-electron chi connectivity index (χ3n) is 3.74. The van der Waals surface area contributed by atoms with Crippen molar-refractivity contribution in [3.8, 4) is 0 Å². The second kappa shape index (κ2) is 8.60. The molecule has 0 fully saturated rings. The number of hydrogen-bond donors (Lipinski definition) is 2. The first kappa shape index (κ1) is 20.1. The Balaban J connectivity index is 1.75. The molecule has 0 saturated carbocycles. The monoisotopic (exact) mass is 435 g/mol. The second-order valence-electron chi connectivity index (χ2n) is 5.80. The highest BCUT2D eigenvalue weighted by atomic mass is 35.5. The van der Waals surface area contributed by atoms with Crippen LogP contribution in [0, 0.1) is 0 Å². The fourth-order valence-corrected chi connectivity index (χ4v) is 4.22.